The predicted octanol–water partition coefficient (Wildman–Crippen LogP) is 6.44. The van der Waals surface area contributed by atoms with Gasteiger partial charge >= 0.3 is 8.56 Å². The second-order valence-corrected chi connectivity index (χ2v) is 9.99. The molecule has 0 heterocycles. The highest BCUT2D eigenvalue weighted by atomic mass is 28.4. The molecule has 0 N–H and O–H groups in total. The first-order valence-electron chi connectivity index (χ1n) is 9.35. The van der Waals surface area contributed by atoms with Gasteiger partial charge in [0.2, 0.25) is 0 Å². The molecule has 2 nitrogen and oxygen atoms in total. The lowest BCUT2D eigenvalue weighted by Crippen LogP contribution is -2.39. The third kappa shape index (κ3) is 11.4. The Morgan fingerprint density at radius 3 is 1.29 bits per heavy atom. The lowest BCUT2D eigenvalue weighted by atomic mass is 10.1. The minimum atomic E-state index is -1.87. The summed E-state index contributed by atoms with van der Waals surface area (Å²) in [4.78, 5) is 0. The second-order valence-electron chi connectivity index (χ2n) is 6.35. The standard InChI is InChI=1S/C18H40O2Si/c1-5-7-9-10-11-12-13-14-16-18-21(19-3,20-4)17-15-8-6-2/h5-18H2,1-4H3. The molecule has 0 aromatic rings. The molecule has 0 amide bonds. The molecule has 0 bridgehead atoms. The fraction of sp³-hybridized carbons (Fsp3) is 1.00. The van der Waals surface area contributed by atoms with Crippen molar-refractivity contribution >= 4 is 8.56 Å². The van der Waals surface area contributed by atoms with Gasteiger partial charge in [-0.15, -0.1) is 0 Å². The van der Waals surface area contributed by atoms with E-state index in [1.807, 2.05) is 14.2 Å². The molecule has 0 aliphatic carbocycles. The number of unbranched alkanes of at least 4 members (excludes halogenated alkanes) is 10. The molecule has 0 aliphatic rings. The van der Waals surface area contributed by atoms with E-state index in [9.17, 15) is 0 Å². The molecule has 0 fully saturated rings. The third-order valence-electron chi connectivity index (χ3n) is 4.57. The van der Waals surface area contributed by atoms with Crippen molar-refractivity contribution in [3.05, 3.63) is 0 Å². The Balaban J connectivity index is 3.64. The molecule has 0 aromatic carbocycles. The Morgan fingerprint density at radius 2 is 0.857 bits per heavy atom. The van der Waals surface area contributed by atoms with Gasteiger partial charge in [0.25, 0.3) is 0 Å². The first-order valence-corrected chi connectivity index (χ1v) is 11.6. The van der Waals surface area contributed by atoms with Crippen LogP contribution in [0.5, 0.6) is 0 Å². The van der Waals surface area contributed by atoms with Crippen LogP contribution in [0.3, 0.4) is 0 Å². The van der Waals surface area contributed by atoms with Crippen LogP contribution in [0.1, 0.15) is 90.9 Å². The van der Waals surface area contributed by atoms with Crippen LogP contribution in [-0.2, 0) is 8.85 Å². The zero-order valence-corrected chi connectivity index (χ0v) is 16.2. The van der Waals surface area contributed by atoms with Crippen molar-refractivity contribution in [1.29, 1.82) is 0 Å². The number of hydrogen-bond donors (Lipinski definition) is 0. The van der Waals surface area contributed by atoms with Crippen LogP contribution in [0, 0.1) is 0 Å². The van der Waals surface area contributed by atoms with E-state index in [0.717, 1.165) is 0 Å². The van der Waals surface area contributed by atoms with Crippen molar-refractivity contribution in [2.75, 3.05) is 14.2 Å². The van der Waals surface area contributed by atoms with Crippen LogP contribution in [0.25, 0.3) is 0 Å². The molecule has 0 radical (unpaired) electrons. The maximum absolute atomic E-state index is 5.82. The largest absolute Gasteiger partial charge is 0.398 e. The summed E-state index contributed by atoms with van der Waals surface area (Å²) >= 11 is 0. The summed E-state index contributed by atoms with van der Waals surface area (Å²) in [7, 11) is 1.85. The van der Waals surface area contributed by atoms with Crippen molar-refractivity contribution in [1.82, 2.24) is 0 Å². The average Bonchev–Trinajstić information content (AvgIpc) is 2.52. The van der Waals surface area contributed by atoms with E-state index in [0.29, 0.717) is 0 Å². The van der Waals surface area contributed by atoms with Crippen molar-refractivity contribution in [3.8, 4) is 0 Å². The third-order valence-corrected chi connectivity index (χ3v) is 8.29. The molecule has 0 spiro atoms. The molecular weight excluding hydrogens is 276 g/mol. The van der Waals surface area contributed by atoms with Crippen molar-refractivity contribution < 1.29 is 8.85 Å². The van der Waals surface area contributed by atoms with Crippen LogP contribution in [0.4, 0.5) is 0 Å². The summed E-state index contributed by atoms with van der Waals surface area (Å²) in [6, 6.07) is 2.35. The molecule has 21 heavy (non-hydrogen) atoms. The summed E-state index contributed by atoms with van der Waals surface area (Å²) in [6.07, 6.45) is 16.3. The van der Waals surface area contributed by atoms with Crippen LogP contribution >= 0.6 is 0 Å². The van der Waals surface area contributed by atoms with Gasteiger partial charge in [0.1, 0.15) is 0 Å². The van der Waals surface area contributed by atoms with E-state index >= 15 is 0 Å². The monoisotopic (exact) mass is 316 g/mol. The number of hydrogen-bond acceptors (Lipinski definition) is 2. The van der Waals surface area contributed by atoms with Gasteiger partial charge in [0.15, 0.2) is 0 Å². The first kappa shape index (κ1) is 21.1. The van der Waals surface area contributed by atoms with E-state index < -0.39 is 8.56 Å². The van der Waals surface area contributed by atoms with E-state index in [4.69, 9.17) is 8.85 Å². The minimum absolute atomic E-state index is 1.17. The van der Waals surface area contributed by atoms with Crippen LogP contribution in [-0.4, -0.2) is 22.8 Å². The molecular formula is C18H40O2Si. The highest BCUT2D eigenvalue weighted by Crippen LogP contribution is 2.24. The molecule has 0 aliphatic heterocycles. The molecule has 0 rings (SSSR count). The maximum atomic E-state index is 5.82. The average molecular weight is 317 g/mol. The van der Waals surface area contributed by atoms with Gasteiger partial charge in [0.05, 0.1) is 0 Å². The van der Waals surface area contributed by atoms with E-state index in [-0.39, 0.29) is 0 Å². The van der Waals surface area contributed by atoms with Gasteiger partial charge in [-0.1, -0.05) is 90.9 Å². The Morgan fingerprint density at radius 1 is 0.524 bits per heavy atom. The summed E-state index contributed by atoms with van der Waals surface area (Å²) < 4.78 is 11.6. The molecule has 3 heteroatoms. The van der Waals surface area contributed by atoms with Crippen LogP contribution in [0.15, 0.2) is 0 Å². The van der Waals surface area contributed by atoms with Gasteiger partial charge in [0, 0.05) is 14.2 Å². The van der Waals surface area contributed by atoms with Crippen LogP contribution in [0.2, 0.25) is 12.1 Å². The molecule has 0 saturated heterocycles. The molecule has 128 valence electrons. The predicted molar refractivity (Wildman–Crippen MR) is 96.1 cm³/mol. The fourth-order valence-corrected chi connectivity index (χ4v) is 5.78. The quantitative estimate of drug-likeness (QED) is 0.241. The fourth-order valence-electron chi connectivity index (χ4n) is 2.97. The molecule has 0 atom stereocenters. The molecule has 0 saturated carbocycles. The highest BCUT2D eigenvalue weighted by molar-refractivity contribution is 6.67. The first-order chi connectivity index (χ1) is 10.2. The summed E-state index contributed by atoms with van der Waals surface area (Å²) in [6.45, 7) is 4.53. The van der Waals surface area contributed by atoms with Gasteiger partial charge in [-0.3, -0.25) is 0 Å². The minimum Gasteiger partial charge on any atom is -0.398 e. The molecule has 0 unspecified atom stereocenters. The normalized spacial score (nSPS) is 12.0. The van der Waals surface area contributed by atoms with Crippen molar-refractivity contribution in [2.24, 2.45) is 0 Å². The second kappa shape index (κ2) is 15.0. The maximum Gasteiger partial charge on any atom is 0.337 e. The van der Waals surface area contributed by atoms with Crippen LogP contribution < -0.4 is 0 Å². The van der Waals surface area contributed by atoms with Gasteiger partial charge < -0.3 is 8.85 Å². The Hall–Kier alpha value is 0.137. The van der Waals surface area contributed by atoms with Crippen molar-refractivity contribution in [3.63, 3.8) is 0 Å². The summed E-state index contributed by atoms with van der Waals surface area (Å²) in [5.41, 5.74) is 0. The Labute approximate surface area is 135 Å². The van der Waals surface area contributed by atoms with E-state index in [2.05, 4.69) is 13.8 Å². The Kier molecular flexibility index (Phi) is 15.1. The van der Waals surface area contributed by atoms with E-state index in [1.165, 1.54) is 89.1 Å². The topological polar surface area (TPSA) is 18.5 Å². The van der Waals surface area contributed by atoms with Gasteiger partial charge in [-0.05, 0) is 12.1 Å². The van der Waals surface area contributed by atoms with Crippen molar-refractivity contribution in [2.45, 2.75) is 103 Å². The lowest BCUT2D eigenvalue weighted by Gasteiger charge is -2.27. The van der Waals surface area contributed by atoms with E-state index in [1.54, 1.807) is 0 Å². The van der Waals surface area contributed by atoms with Gasteiger partial charge in [-0.25, -0.2) is 0 Å². The zero-order valence-electron chi connectivity index (χ0n) is 15.2. The smallest absolute Gasteiger partial charge is 0.337 e. The van der Waals surface area contributed by atoms with Gasteiger partial charge in [-0.2, -0.15) is 0 Å². The summed E-state index contributed by atoms with van der Waals surface area (Å²) in [5, 5.41) is 0. The lowest BCUT2D eigenvalue weighted by molar-refractivity contribution is 0.238. The SMILES string of the molecule is CCCCCCCCCCC[Si](CCCCC)(OC)OC. The highest BCUT2D eigenvalue weighted by Gasteiger charge is 2.33. The zero-order chi connectivity index (χ0) is 15.8. The summed E-state index contributed by atoms with van der Waals surface area (Å²) in [5.74, 6) is 0. The Bertz CT molecular complexity index is 205. The number of rotatable bonds is 16. The molecule has 0 aromatic heterocycles.